The number of rotatable bonds is 2. The first-order valence-corrected chi connectivity index (χ1v) is 8.26. The topological polar surface area (TPSA) is 37.8 Å². The molecule has 116 valence electrons. The molecule has 1 aliphatic heterocycles. The monoisotopic (exact) mass is 298 g/mol. The number of hydrogen-bond acceptors (Lipinski definition) is 2. The number of fused-ring (bicyclic) bond motifs is 4. The van der Waals surface area contributed by atoms with Crippen molar-refractivity contribution in [1.29, 1.82) is 0 Å². The largest absolute Gasteiger partial charge is 0.508 e. The van der Waals surface area contributed by atoms with Crippen molar-refractivity contribution in [3.05, 3.63) is 53.5 Å². The summed E-state index contributed by atoms with van der Waals surface area (Å²) in [6.07, 6.45) is 5.93. The lowest BCUT2D eigenvalue weighted by Crippen LogP contribution is -3.17. The zero-order valence-corrected chi connectivity index (χ0v) is 13.3. The Morgan fingerprint density at radius 2 is 2.23 bits per heavy atom. The van der Waals surface area contributed by atoms with Gasteiger partial charge in [0, 0.05) is 29.7 Å². The highest BCUT2D eigenvalue weighted by molar-refractivity contribution is 5.43. The average molecular weight is 298 g/mol. The van der Waals surface area contributed by atoms with E-state index in [4.69, 9.17) is 4.42 Å². The van der Waals surface area contributed by atoms with E-state index >= 15 is 0 Å². The highest BCUT2D eigenvalue weighted by Crippen LogP contribution is 2.45. The molecule has 1 aromatic heterocycles. The Morgan fingerprint density at radius 3 is 3.00 bits per heavy atom. The van der Waals surface area contributed by atoms with Crippen LogP contribution in [0.5, 0.6) is 5.75 Å². The number of phenolic OH excluding ortho intramolecular Hbond substituents is 1. The maximum Gasteiger partial charge on any atom is 0.115 e. The van der Waals surface area contributed by atoms with Crippen molar-refractivity contribution in [1.82, 2.24) is 0 Å². The molecule has 22 heavy (non-hydrogen) atoms. The van der Waals surface area contributed by atoms with E-state index in [-0.39, 0.29) is 5.41 Å². The fraction of sp³-hybridized carbons (Fsp3) is 0.474. The molecule has 0 saturated carbocycles. The quantitative estimate of drug-likeness (QED) is 0.893. The fourth-order valence-electron chi connectivity index (χ4n) is 4.72. The zero-order chi connectivity index (χ0) is 15.3. The van der Waals surface area contributed by atoms with Crippen molar-refractivity contribution in [2.75, 3.05) is 6.54 Å². The van der Waals surface area contributed by atoms with E-state index < -0.39 is 0 Å². The molecule has 1 fully saturated rings. The minimum Gasteiger partial charge on any atom is -0.508 e. The van der Waals surface area contributed by atoms with Crippen LogP contribution in [0.2, 0.25) is 0 Å². The van der Waals surface area contributed by atoms with Crippen LogP contribution in [0.4, 0.5) is 0 Å². The summed E-state index contributed by atoms with van der Waals surface area (Å²) >= 11 is 0. The normalized spacial score (nSPS) is 33.5. The first-order valence-electron chi connectivity index (χ1n) is 8.26. The van der Waals surface area contributed by atoms with Crippen LogP contribution in [0.15, 0.2) is 41.2 Å². The number of hydrogen-bond donors (Lipinski definition) is 2. The third-order valence-corrected chi connectivity index (χ3v) is 6.26. The lowest BCUT2D eigenvalue weighted by Gasteiger charge is -2.52. The van der Waals surface area contributed by atoms with E-state index in [0.717, 1.165) is 13.0 Å². The third kappa shape index (κ3) is 1.99. The molecule has 1 saturated heterocycles. The van der Waals surface area contributed by atoms with Gasteiger partial charge in [0.25, 0.3) is 0 Å². The average Bonchev–Trinajstić information content (AvgIpc) is 3.00. The minimum atomic E-state index is 0.191. The smallest absolute Gasteiger partial charge is 0.115 e. The second kappa shape index (κ2) is 4.88. The summed E-state index contributed by atoms with van der Waals surface area (Å²) in [5, 5.41) is 9.89. The van der Waals surface area contributed by atoms with Gasteiger partial charge in [-0.1, -0.05) is 19.9 Å². The van der Waals surface area contributed by atoms with Crippen LogP contribution in [0.25, 0.3) is 0 Å². The van der Waals surface area contributed by atoms with Crippen molar-refractivity contribution in [3.8, 4) is 5.75 Å². The summed E-state index contributed by atoms with van der Waals surface area (Å²) in [5.41, 5.74) is 4.28. The van der Waals surface area contributed by atoms with Gasteiger partial charge in [0.2, 0.25) is 0 Å². The van der Waals surface area contributed by atoms with Gasteiger partial charge in [-0.25, -0.2) is 0 Å². The first-order chi connectivity index (χ1) is 10.6. The molecule has 0 spiro atoms. The van der Waals surface area contributed by atoms with Gasteiger partial charge >= 0.3 is 0 Å². The number of nitrogens with one attached hydrogen (secondary N) is 1. The number of furan rings is 1. The molecule has 2 bridgehead atoms. The van der Waals surface area contributed by atoms with Gasteiger partial charge in [-0.15, -0.1) is 0 Å². The van der Waals surface area contributed by atoms with Gasteiger partial charge in [0.05, 0.1) is 25.1 Å². The molecule has 2 aliphatic rings. The van der Waals surface area contributed by atoms with Crippen molar-refractivity contribution in [3.63, 3.8) is 0 Å². The van der Waals surface area contributed by atoms with Crippen molar-refractivity contribution in [2.45, 2.75) is 44.7 Å². The molecule has 0 radical (unpaired) electrons. The van der Waals surface area contributed by atoms with Crippen molar-refractivity contribution >= 4 is 0 Å². The Balaban J connectivity index is 1.69. The molecule has 3 heteroatoms. The Morgan fingerprint density at radius 1 is 1.36 bits per heavy atom. The lowest BCUT2D eigenvalue weighted by molar-refractivity contribution is -0.950. The molecule has 3 nitrogen and oxygen atoms in total. The Bertz CT molecular complexity index is 679. The molecule has 2 heterocycles. The summed E-state index contributed by atoms with van der Waals surface area (Å²) in [4.78, 5) is 1.67. The summed E-state index contributed by atoms with van der Waals surface area (Å²) in [7, 11) is 0. The van der Waals surface area contributed by atoms with Gasteiger partial charge in [-0.2, -0.15) is 0 Å². The van der Waals surface area contributed by atoms with Crippen LogP contribution < -0.4 is 4.90 Å². The molecular formula is C19H24NO2+. The highest BCUT2D eigenvalue weighted by Gasteiger charge is 2.50. The zero-order valence-electron chi connectivity index (χ0n) is 13.3. The molecule has 2 N–H and O–H groups in total. The van der Waals surface area contributed by atoms with E-state index in [9.17, 15) is 5.11 Å². The Labute approximate surface area is 131 Å². The Hall–Kier alpha value is -1.74. The van der Waals surface area contributed by atoms with Gasteiger partial charge in [0.15, 0.2) is 0 Å². The molecule has 0 amide bonds. The van der Waals surface area contributed by atoms with Crippen molar-refractivity contribution in [2.24, 2.45) is 5.92 Å². The molecule has 2 aromatic rings. The molecule has 1 aliphatic carbocycles. The molecule has 4 unspecified atom stereocenters. The van der Waals surface area contributed by atoms with Crippen molar-refractivity contribution < 1.29 is 14.4 Å². The second-order valence-electron chi connectivity index (χ2n) is 7.32. The van der Waals surface area contributed by atoms with Crippen LogP contribution in [0, 0.1) is 5.92 Å². The maximum absolute atomic E-state index is 9.89. The third-order valence-electron chi connectivity index (χ3n) is 6.26. The summed E-state index contributed by atoms with van der Waals surface area (Å²) in [5.74, 6) is 1.02. The Kier molecular flexibility index (Phi) is 3.08. The molecule has 4 rings (SSSR count). The minimum absolute atomic E-state index is 0.191. The van der Waals surface area contributed by atoms with Gasteiger partial charge in [0.1, 0.15) is 12.3 Å². The number of quaternary nitrogens is 1. The first kappa shape index (κ1) is 13.9. The van der Waals surface area contributed by atoms with Crippen LogP contribution in [0.3, 0.4) is 0 Å². The second-order valence-corrected chi connectivity index (χ2v) is 7.32. The predicted octanol–water partition coefficient (Wildman–Crippen LogP) is 2.29. The predicted molar refractivity (Wildman–Crippen MR) is 85.0 cm³/mol. The van der Waals surface area contributed by atoms with Gasteiger partial charge in [-0.3, -0.25) is 0 Å². The summed E-state index contributed by atoms with van der Waals surface area (Å²) < 4.78 is 5.23. The van der Waals surface area contributed by atoms with E-state index in [1.807, 2.05) is 18.4 Å². The van der Waals surface area contributed by atoms with Crippen LogP contribution in [-0.2, 0) is 18.4 Å². The summed E-state index contributed by atoms with van der Waals surface area (Å²) in [6, 6.07) is 8.70. The highest BCUT2D eigenvalue weighted by atomic mass is 16.3. The number of aromatic hydroxyl groups is 1. The van der Waals surface area contributed by atoms with E-state index in [2.05, 4.69) is 26.0 Å². The number of phenols is 1. The van der Waals surface area contributed by atoms with Crippen LogP contribution in [-0.4, -0.2) is 17.7 Å². The van der Waals surface area contributed by atoms with Crippen LogP contribution >= 0.6 is 0 Å². The number of benzene rings is 1. The summed E-state index contributed by atoms with van der Waals surface area (Å²) in [6.45, 7) is 7.02. The van der Waals surface area contributed by atoms with Crippen LogP contribution in [0.1, 0.15) is 37.0 Å². The maximum atomic E-state index is 9.89. The molecular weight excluding hydrogens is 274 g/mol. The lowest BCUT2D eigenvalue weighted by atomic mass is 9.59. The number of piperidine rings is 1. The van der Waals surface area contributed by atoms with E-state index in [1.54, 1.807) is 11.2 Å². The SMILES string of the molecule is CC1C2Cc3ccc(O)cc3C1(C)CC[NH+]2Cc1ccoc1. The van der Waals surface area contributed by atoms with Gasteiger partial charge < -0.3 is 14.4 Å². The van der Waals surface area contributed by atoms with E-state index in [0.29, 0.717) is 17.7 Å². The van der Waals surface area contributed by atoms with E-state index in [1.165, 1.54) is 29.7 Å². The number of likely N-dealkylation sites (tertiary alicyclic amines) is 1. The molecule has 1 aromatic carbocycles. The molecule has 4 atom stereocenters. The fourth-order valence-corrected chi connectivity index (χ4v) is 4.72. The van der Waals surface area contributed by atoms with Gasteiger partial charge in [-0.05, 0) is 29.3 Å². The standard InChI is InChI=1S/C19H23NO2/c1-13-18-9-15-3-4-16(21)10-17(15)19(13,2)6-7-20(18)11-14-5-8-22-12-14/h3-5,8,10,12-13,18,21H,6-7,9,11H2,1-2H3/p+1.